The summed E-state index contributed by atoms with van der Waals surface area (Å²) in [5, 5.41) is 17.7. The minimum Gasteiger partial charge on any atom is -0.477 e. The van der Waals surface area contributed by atoms with Crippen LogP contribution in [0.1, 0.15) is 27.5 Å². The molecular weight excluding hydrogens is 276 g/mol. The lowest BCUT2D eigenvalue weighted by molar-refractivity contribution is 0.0690. The molecule has 2 heterocycles. The average molecular weight is 290 g/mol. The summed E-state index contributed by atoms with van der Waals surface area (Å²) in [5.41, 5.74) is 1.41. The lowest BCUT2D eigenvalue weighted by atomic mass is 10.2. The van der Waals surface area contributed by atoms with Crippen molar-refractivity contribution in [1.82, 2.24) is 20.8 Å². The van der Waals surface area contributed by atoms with Gasteiger partial charge in [-0.05, 0) is 18.6 Å². The molecule has 110 valence electrons. The molecule has 2 aromatic rings. The van der Waals surface area contributed by atoms with E-state index in [0.717, 1.165) is 5.69 Å². The Morgan fingerprint density at radius 3 is 2.62 bits per heavy atom. The second kappa shape index (κ2) is 6.51. The van der Waals surface area contributed by atoms with Crippen molar-refractivity contribution < 1.29 is 19.2 Å². The highest BCUT2D eigenvalue weighted by molar-refractivity contribution is 5.85. The number of rotatable bonds is 5. The summed E-state index contributed by atoms with van der Waals surface area (Å²) < 4.78 is 4.95. The Morgan fingerprint density at radius 1 is 1.29 bits per heavy atom. The van der Waals surface area contributed by atoms with Gasteiger partial charge in [0.2, 0.25) is 0 Å². The maximum atomic E-state index is 11.6. The lowest BCUT2D eigenvalue weighted by Crippen LogP contribution is -2.34. The second-order valence-corrected chi connectivity index (χ2v) is 4.33. The number of aromatic nitrogens is 2. The van der Waals surface area contributed by atoms with Gasteiger partial charge in [0, 0.05) is 18.8 Å². The van der Waals surface area contributed by atoms with E-state index < -0.39 is 5.97 Å². The summed E-state index contributed by atoms with van der Waals surface area (Å²) >= 11 is 0. The smallest absolute Gasteiger partial charge is 0.354 e. The predicted molar refractivity (Wildman–Crippen MR) is 71.5 cm³/mol. The van der Waals surface area contributed by atoms with Crippen molar-refractivity contribution in [3.05, 3.63) is 47.1 Å². The zero-order valence-corrected chi connectivity index (χ0v) is 11.3. The monoisotopic (exact) mass is 290 g/mol. The first-order valence-electron chi connectivity index (χ1n) is 6.16. The average Bonchev–Trinajstić information content (AvgIpc) is 2.89. The van der Waals surface area contributed by atoms with Gasteiger partial charge in [0.1, 0.15) is 5.69 Å². The molecule has 0 bridgehead atoms. The van der Waals surface area contributed by atoms with Crippen molar-refractivity contribution in [2.24, 2.45) is 0 Å². The lowest BCUT2D eigenvalue weighted by Gasteiger charge is -2.06. The van der Waals surface area contributed by atoms with Gasteiger partial charge in [-0.15, -0.1) is 0 Å². The number of carbonyl (C=O) groups is 2. The molecule has 21 heavy (non-hydrogen) atoms. The third-order valence-electron chi connectivity index (χ3n) is 2.60. The number of carbonyl (C=O) groups excluding carboxylic acids is 1. The van der Waals surface area contributed by atoms with Gasteiger partial charge < -0.3 is 20.3 Å². The van der Waals surface area contributed by atoms with Crippen LogP contribution >= 0.6 is 0 Å². The van der Waals surface area contributed by atoms with Gasteiger partial charge in [-0.3, -0.25) is 0 Å². The Balaban J connectivity index is 1.77. The number of aryl methyl sites for hydroxylation is 1. The van der Waals surface area contributed by atoms with Crippen molar-refractivity contribution in [1.29, 1.82) is 0 Å². The first kappa shape index (κ1) is 14.5. The molecule has 0 unspecified atom stereocenters. The number of hydrogen-bond donors (Lipinski definition) is 3. The molecule has 0 fully saturated rings. The van der Waals surface area contributed by atoms with Crippen LogP contribution in [0, 0.1) is 6.92 Å². The Labute approximate surface area is 120 Å². The fourth-order valence-electron chi connectivity index (χ4n) is 1.57. The first-order valence-corrected chi connectivity index (χ1v) is 6.16. The van der Waals surface area contributed by atoms with Crippen LogP contribution in [0.15, 0.2) is 28.9 Å². The molecule has 0 radical (unpaired) electrons. The van der Waals surface area contributed by atoms with Gasteiger partial charge in [0.25, 0.3) is 0 Å². The molecule has 8 nitrogen and oxygen atoms in total. The number of carboxylic acids is 1. The van der Waals surface area contributed by atoms with E-state index in [9.17, 15) is 9.59 Å². The molecule has 8 heteroatoms. The minimum atomic E-state index is -1.09. The molecule has 0 aliphatic rings. The predicted octanol–water partition coefficient (Wildman–Crippen LogP) is 1.08. The van der Waals surface area contributed by atoms with Gasteiger partial charge in [-0.1, -0.05) is 11.2 Å². The van der Waals surface area contributed by atoms with E-state index in [4.69, 9.17) is 9.63 Å². The molecule has 0 saturated heterocycles. The van der Waals surface area contributed by atoms with Gasteiger partial charge in [-0.25, -0.2) is 14.6 Å². The van der Waals surface area contributed by atoms with Crippen molar-refractivity contribution in [2.75, 3.05) is 0 Å². The number of nitrogens with zero attached hydrogens (tertiary/aromatic N) is 2. The number of aromatic carboxylic acids is 1. The molecule has 0 aliphatic heterocycles. The van der Waals surface area contributed by atoms with E-state index in [-0.39, 0.29) is 24.8 Å². The molecule has 0 atom stereocenters. The van der Waals surface area contributed by atoms with E-state index in [2.05, 4.69) is 20.8 Å². The highest BCUT2D eigenvalue weighted by Gasteiger charge is 2.06. The zero-order valence-electron chi connectivity index (χ0n) is 11.3. The quantitative estimate of drug-likeness (QED) is 0.758. The first-order chi connectivity index (χ1) is 10.0. The largest absolute Gasteiger partial charge is 0.477 e. The normalized spacial score (nSPS) is 10.1. The van der Waals surface area contributed by atoms with Crippen molar-refractivity contribution in [2.45, 2.75) is 20.0 Å². The molecule has 0 aromatic carbocycles. The summed E-state index contributed by atoms with van der Waals surface area (Å²) in [6.45, 7) is 2.28. The maximum Gasteiger partial charge on any atom is 0.354 e. The maximum absolute atomic E-state index is 11.6. The third kappa shape index (κ3) is 4.30. The van der Waals surface area contributed by atoms with Gasteiger partial charge in [-0.2, -0.15) is 0 Å². The summed E-state index contributed by atoms with van der Waals surface area (Å²) in [7, 11) is 0. The zero-order chi connectivity index (χ0) is 15.2. The number of nitrogens with one attached hydrogen (secondary N) is 2. The standard InChI is InChI=1S/C13H14N4O4/c1-8-4-10(21-17-8)7-16-13(20)15-6-9-2-3-11(12(18)19)14-5-9/h2-5H,6-7H2,1H3,(H,18,19)(H2,15,16,20). The Kier molecular flexibility index (Phi) is 4.50. The molecular formula is C13H14N4O4. The van der Waals surface area contributed by atoms with Crippen molar-refractivity contribution in [3.63, 3.8) is 0 Å². The van der Waals surface area contributed by atoms with E-state index >= 15 is 0 Å². The summed E-state index contributed by atoms with van der Waals surface area (Å²) in [6.07, 6.45) is 1.41. The van der Waals surface area contributed by atoms with Crippen LogP contribution in [-0.2, 0) is 13.1 Å². The van der Waals surface area contributed by atoms with Crippen molar-refractivity contribution in [3.8, 4) is 0 Å². The Bertz CT molecular complexity index is 636. The van der Waals surface area contributed by atoms with Crippen LogP contribution in [-0.4, -0.2) is 27.2 Å². The Morgan fingerprint density at radius 2 is 2.05 bits per heavy atom. The van der Waals surface area contributed by atoms with E-state index in [1.165, 1.54) is 12.3 Å². The summed E-state index contributed by atoms with van der Waals surface area (Å²) in [5.74, 6) is -0.523. The van der Waals surface area contributed by atoms with Crippen LogP contribution in [0.5, 0.6) is 0 Å². The van der Waals surface area contributed by atoms with Gasteiger partial charge in [0.05, 0.1) is 12.2 Å². The van der Waals surface area contributed by atoms with Gasteiger partial charge >= 0.3 is 12.0 Å². The highest BCUT2D eigenvalue weighted by Crippen LogP contribution is 2.02. The minimum absolute atomic E-state index is 0.0381. The van der Waals surface area contributed by atoms with Crippen molar-refractivity contribution >= 4 is 12.0 Å². The van der Waals surface area contributed by atoms with E-state index in [1.54, 1.807) is 19.1 Å². The number of hydrogen-bond acceptors (Lipinski definition) is 5. The Hall–Kier alpha value is -2.90. The fraction of sp³-hybridized carbons (Fsp3) is 0.231. The number of amides is 2. The molecule has 0 aliphatic carbocycles. The molecule has 3 N–H and O–H groups in total. The summed E-state index contributed by atoms with van der Waals surface area (Å²) in [4.78, 5) is 26.0. The van der Waals surface area contributed by atoms with Gasteiger partial charge in [0.15, 0.2) is 5.76 Å². The molecule has 2 amide bonds. The van der Waals surface area contributed by atoms with Crippen LogP contribution in [0.2, 0.25) is 0 Å². The van der Waals surface area contributed by atoms with E-state index in [1.807, 2.05) is 0 Å². The summed E-state index contributed by atoms with van der Waals surface area (Å²) in [6, 6.07) is 4.34. The topological polar surface area (TPSA) is 117 Å². The molecule has 2 aromatic heterocycles. The van der Waals surface area contributed by atoms with E-state index in [0.29, 0.717) is 11.3 Å². The molecule has 2 rings (SSSR count). The number of urea groups is 1. The van der Waals surface area contributed by atoms with Crippen LogP contribution in [0.25, 0.3) is 0 Å². The molecule has 0 saturated carbocycles. The van der Waals surface area contributed by atoms with Crippen LogP contribution < -0.4 is 10.6 Å². The fourth-order valence-corrected chi connectivity index (χ4v) is 1.57. The number of carboxylic acid groups (broad SMARTS) is 1. The number of pyridine rings is 1. The highest BCUT2D eigenvalue weighted by atomic mass is 16.5. The third-order valence-corrected chi connectivity index (χ3v) is 2.60. The SMILES string of the molecule is Cc1cc(CNC(=O)NCc2ccc(C(=O)O)nc2)on1. The molecule has 0 spiro atoms. The second-order valence-electron chi connectivity index (χ2n) is 4.33. The van der Waals surface area contributed by atoms with Crippen LogP contribution in [0.3, 0.4) is 0 Å². The van der Waals surface area contributed by atoms with Crippen LogP contribution in [0.4, 0.5) is 4.79 Å².